The Kier molecular flexibility index (Phi) is 5.00. The predicted octanol–water partition coefficient (Wildman–Crippen LogP) is 0.178. The summed E-state index contributed by atoms with van der Waals surface area (Å²) in [5, 5.41) is 25.4. The molecule has 1 aromatic rings. The van der Waals surface area contributed by atoms with Gasteiger partial charge in [0.2, 0.25) is 0 Å². The summed E-state index contributed by atoms with van der Waals surface area (Å²) in [5.74, 6) is 0.781. The van der Waals surface area contributed by atoms with Crippen LogP contribution in [0.1, 0.15) is 19.0 Å². The molecule has 0 aliphatic carbocycles. The highest BCUT2D eigenvalue weighted by atomic mass is 16.3. The van der Waals surface area contributed by atoms with E-state index >= 15 is 0 Å². The number of rotatable bonds is 6. The fourth-order valence-electron chi connectivity index (χ4n) is 1.30. The Labute approximate surface area is 89.4 Å². The molecule has 0 saturated heterocycles. The van der Waals surface area contributed by atoms with Crippen LogP contribution in [0.2, 0.25) is 0 Å². The van der Waals surface area contributed by atoms with Gasteiger partial charge in [0, 0.05) is 19.7 Å². The molecule has 0 aliphatic rings. The highest BCUT2D eigenvalue weighted by molar-refractivity contribution is 5.36. The molecule has 5 heteroatoms. The Morgan fingerprint density at radius 3 is 2.53 bits per heavy atom. The first kappa shape index (κ1) is 11.9. The molecule has 0 unspecified atom stereocenters. The molecule has 2 N–H and O–H groups in total. The average Bonchev–Trinajstić information content (AvgIpc) is 2.31. The summed E-state index contributed by atoms with van der Waals surface area (Å²) in [6.07, 6.45) is 0.720. The lowest BCUT2D eigenvalue weighted by atomic mass is 10.3. The quantitative estimate of drug-likeness (QED) is 0.702. The minimum absolute atomic E-state index is 0.0873. The predicted molar refractivity (Wildman–Crippen MR) is 57.5 cm³/mol. The summed E-state index contributed by atoms with van der Waals surface area (Å²) in [5.41, 5.74) is 0.567. The zero-order valence-electron chi connectivity index (χ0n) is 8.93. The normalized spacial score (nSPS) is 10.3. The average molecular weight is 211 g/mol. The number of nitrogens with zero attached hydrogens (tertiary/aromatic N) is 3. The lowest BCUT2D eigenvalue weighted by Crippen LogP contribution is -2.25. The molecule has 15 heavy (non-hydrogen) atoms. The first-order valence-electron chi connectivity index (χ1n) is 5.11. The van der Waals surface area contributed by atoms with E-state index in [0.717, 1.165) is 25.3 Å². The highest BCUT2D eigenvalue weighted by Crippen LogP contribution is 2.09. The third kappa shape index (κ3) is 3.45. The van der Waals surface area contributed by atoms with E-state index in [0.29, 0.717) is 5.69 Å². The topological polar surface area (TPSA) is 69.5 Å². The number of anilines is 1. The first-order valence-corrected chi connectivity index (χ1v) is 5.11. The van der Waals surface area contributed by atoms with Crippen molar-refractivity contribution in [1.29, 1.82) is 0 Å². The van der Waals surface area contributed by atoms with Gasteiger partial charge in [0.25, 0.3) is 0 Å². The molecular weight excluding hydrogens is 194 g/mol. The largest absolute Gasteiger partial charge is 0.396 e. The Morgan fingerprint density at radius 2 is 2.07 bits per heavy atom. The van der Waals surface area contributed by atoms with Gasteiger partial charge in [-0.1, -0.05) is 0 Å². The van der Waals surface area contributed by atoms with Gasteiger partial charge < -0.3 is 15.1 Å². The van der Waals surface area contributed by atoms with E-state index in [2.05, 4.69) is 10.2 Å². The minimum atomic E-state index is -0.0873. The number of aliphatic hydroxyl groups excluding tert-OH is 2. The highest BCUT2D eigenvalue weighted by Gasteiger charge is 2.05. The second-order valence-electron chi connectivity index (χ2n) is 3.20. The van der Waals surface area contributed by atoms with Crippen molar-refractivity contribution in [2.75, 3.05) is 24.6 Å². The van der Waals surface area contributed by atoms with Crippen molar-refractivity contribution in [3.05, 3.63) is 17.8 Å². The maximum Gasteiger partial charge on any atom is 0.151 e. The molecule has 0 fully saturated rings. The number of aliphatic hydroxyl groups is 2. The van der Waals surface area contributed by atoms with Gasteiger partial charge in [-0.15, -0.1) is 5.10 Å². The van der Waals surface area contributed by atoms with E-state index in [1.54, 1.807) is 6.07 Å². The summed E-state index contributed by atoms with van der Waals surface area (Å²) in [6.45, 7) is 3.71. The monoisotopic (exact) mass is 211 g/mol. The van der Waals surface area contributed by atoms with Crippen LogP contribution in [0.15, 0.2) is 12.1 Å². The number of hydrogen-bond acceptors (Lipinski definition) is 5. The smallest absolute Gasteiger partial charge is 0.151 e. The summed E-state index contributed by atoms with van der Waals surface area (Å²) in [7, 11) is 0. The van der Waals surface area contributed by atoms with Crippen LogP contribution in [0, 0.1) is 0 Å². The first-order chi connectivity index (χ1) is 7.31. The van der Waals surface area contributed by atoms with Crippen molar-refractivity contribution < 1.29 is 10.2 Å². The lowest BCUT2D eigenvalue weighted by Gasteiger charge is -2.20. The zero-order valence-corrected chi connectivity index (χ0v) is 8.93. The van der Waals surface area contributed by atoms with Crippen molar-refractivity contribution in [1.82, 2.24) is 10.2 Å². The Morgan fingerprint density at radius 1 is 1.27 bits per heavy atom. The minimum Gasteiger partial charge on any atom is -0.396 e. The second-order valence-corrected chi connectivity index (χ2v) is 3.20. The summed E-state index contributed by atoms with van der Waals surface area (Å²) in [6, 6.07) is 3.59. The molecule has 0 bridgehead atoms. The molecule has 0 spiro atoms. The molecule has 0 amide bonds. The van der Waals surface area contributed by atoms with Crippen LogP contribution in [0.4, 0.5) is 5.82 Å². The lowest BCUT2D eigenvalue weighted by molar-refractivity contribution is 0.275. The van der Waals surface area contributed by atoms with Gasteiger partial charge in [0.05, 0.1) is 12.3 Å². The molecule has 0 aromatic carbocycles. The summed E-state index contributed by atoms with van der Waals surface area (Å²) in [4.78, 5) is 2.03. The second kappa shape index (κ2) is 6.31. The molecule has 1 heterocycles. The van der Waals surface area contributed by atoms with E-state index in [9.17, 15) is 0 Å². The van der Waals surface area contributed by atoms with Crippen molar-refractivity contribution >= 4 is 5.82 Å². The van der Waals surface area contributed by atoms with Gasteiger partial charge in [0.1, 0.15) is 0 Å². The molecule has 5 nitrogen and oxygen atoms in total. The molecule has 0 radical (unpaired) electrons. The summed E-state index contributed by atoms with van der Waals surface area (Å²) < 4.78 is 0. The molecule has 0 aliphatic heterocycles. The van der Waals surface area contributed by atoms with Crippen molar-refractivity contribution in [2.24, 2.45) is 0 Å². The van der Waals surface area contributed by atoms with Crippen LogP contribution < -0.4 is 4.90 Å². The SMILES string of the molecule is CCN(CCCO)c1ccc(CO)nn1. The van der Waals surface area contributed by atoms with E-state index in [-0.39, 0.29) is 13.2 Å². The molecular formula is C10H17N3O2. The van der Waals surface area contributed by atoms with Gasteiger partial charge in [0.15, 0.2) is 5.82 Å². The van der Waals surface area contributed by atoms with Gasteiger partial charge in [-0.3, -0.25) is 0 Å². The van der Waals surface area contributed by atoms with E-state index in [1.165, 1.54) is 0 Å². The Hall–Kier alpha value is -1.20. The van der Waals surface area contributed by atoms with Crippen LogP contribution in [-0.4, -0.2) is 40.1 Å². The summed E-state index contributed by atoms with van der Waals surface area (Å²) >= 11 is 0. The van der Waals surface area contributed by atoms with E-state index < -0.39 is 0 Å². The van der Waals surface area contributed by atoms with Gasteiger partial charge in [-0.05, 0) is 25.5 Å². The fraction of sp³-hybridized carbons (Fsp3) is 0.600. The third-order valence-electron chi connectivity index (χ3n) is 2.16. The van der Waals surface area contributed by atoms with Crippen molar-refractivity contribution in [3.8, 4) is 0 Å². The zero-order chi connectivity index (χ0) is 11.1. The maximum atomic E-state index is 8.82. The molecule has 1 rings (SSSR count). The third-order valence-corrected chi connectivity index (χ3v) is 2.16. The van der Waals surface area contributed by atoms with Crippen LogP contribution in [0.25, 0.3) is 0 Å². The standard InChI is InChI=1S/C10H17N3O2/c1-2-13(6-3-7-14)10-5-4-9(8-15)11-12-10/h4-5,14-15H,2-3,6-8H2,1H3. The van der Waals surface area contributed by atoms with Crippen LogP contribution in [-0.2, 0) is 6.61 Å². The Bertz CT molecular complexity index is 277. The van der Waals surface area contributed by atoms with Crippen LogP contribution >= 0.6 is 0 Å². The van der Waals surface area contributed by atoms with Crippen molar-refractivity contribution in [2.45, 2.75) is 20.0 Å². The fourth-order valence-corrected chi connectivity index (χ4v) is 1.30. The maximum absolute atomic E-state index is 8.82. The molecule has 1 aromatic heterocycles. The van der Waals surface area contributed by atoms with Crippen LogP contribution in [0.5, 0.6) is 0 Å². The molecule has 0 saturated carbocycles. The number of aromatic nitrogens is 2. The van der Waals surface area contributed by atoms with E-state index in [1.807, 2.05) is 17.9 Å². The van der Waals surface area contributed by atoms with Gasteiger partial charge in [-0.25, -0.2) is 0 Å². The number of hydrogen-bond donors (Lipinski definition) is 2. The van der Waals surface area contributed by atoms with Gasteiger partial charge >= 0.3 is 0 Å². The van der Waals surface area contributed by atoms with Gasteiger partial charge in [-0.2, -0.15) is 5.10 Å². The Balaban J connectivity index is 2.65. The van der Waals surface area contributed by atoms with Crippen LogP contribution in [0.3, 0.4) is 0 Å². The van der Waals surface area contributed by atoms with Crippen molar-refractivity contribution in [3.63, 3.8) is 0 Å². The molecule has 0 atom stereocenters. The van der Waals surface area contributed by atoms with E-state index in [4.69, 9.17) is 10.2 Å². The molecule has 84 valence electrons.